The summed E-state index contributed by atoms with van der Waals surface area (Å²) in [5.74, 6) is -0.0892. The summed E-state index contributed by atoms with van der Waals surface area (Å²) in [6, 6.07) is 13.9. The number of urea groups is 1. The molecule has 188 valence electrons. The molecule has 0 radical (unpaired) electrons. The molecule has 2 heterocycles. The largest absolute Gasteiger partial charge is 0.389 e. The van der Waals surface area contributed by atoms with Gasteiger partial charge in [-0.2, -0.15) is 0 Å². The Hall–Kier alpha value is -2.36. The Morgan fingerprint density at radius 2 is 1.86 bits per heavy atom. The van der Waals surface area contributed by atoms with Gasteiger partial charge in [-0.3, -0.25) is 4.79 Å². The number of halogens is 2. The van der Waals surface area contributed by atoms with Crippen molar-refractivity contribution < 1.29 is 24.2 Å². The van der Waals surface area contributed by atoms with E-state index in [-0.39, 0.29) is 50.3 Å². The quantitative estimate of drug-likeness (QED) is 0.554. The van der Waals surface area contributed by atoms with E-state index in [1.165, 1.54) is 0 Å². The van der Waals surface area contributed by atoms with E-state index < -0.39 is 12.2 Å². The minimum Gasteiger partial charge on any atom is -0.389 e. The number of rotatable bonds is 5. The maximum Gasteiger partial charge on any atom is 0.322 e. The third-order valence-electron chi connectivity index (χ3n) is 6.16. The first-order chi connectivity index (χ1) is 16.9. The number of carbonyl (C=O) groups is 2. The van der Waals surface area contributed by atoms with Crippen LogP contribution < -0.4 is 10.6 Å². The first kappa shape index (κ1) is 25.7. The number of carbonyl (C=O) groups excluding carboxylic acids is 2. The Bertz CT molecular complexity index is 1030. The maximum atomic E-state index is 13.2. The van der Waals surface area contributed by atoms with Gasteiger partial charge in [-0.05, 0) is 36.6 Å². The fourth-order valence-corrected chi connectivity index (χ4v) is 4.72. The predicted molar refractivity (Wildman–Crippen MR) is 134 cm³/mol. The number of nitrogens with one attached hydrogen (secondary N) is 2. The van der Waals surface area contributed by atoms with E-state index in [4.69, 9.17) is 32.7 Å². The Balaban J connectivity index is 1.37. The summed E-state index contributed by atoms with van der Waals surface area (Å²) in [5, 5.41) is 16.8. The van der Waals surface area contributed by atoms with Crippen molar-refractivity contribution in [3.63, 3.8) is 0 Å². The predicted octanol–water partition coefficient (Wildman–Crippen LogP) is 3.84. The molecule has 4 rings (SSSR count). The number of nitrogens with zero attached hydrogens (tertiary/aromatic N) is 1. The van der Waals surface area contributed by atoms with Crippen molar-refractivity contribution in [3.05, 3.63) is 64.1 Å². The number of benzene rings is 2. The SMILES string of the molecule is O=C(C[C@@H]1CC[C@H]2[C@@H](COC[C@@H](O)CN2C(=O)Nc2ccc(Cl)c(Cl)c2)O1)NCc1ccccc1. The van der Waals surface area contributed by atoms with Crippen LogP contribution in [-0.4, -0.2) is 66.1 Å². The molecule has 0 aromatic heterocycles. The lowest BCUT2D eigenvalue weighted by Crippen LogP contribution is -2.58. The van der Waals surface area contributed by atoms with Gasteiger partial charge >= 0.3 is 6.03 Å². The highest BCUT2D eigenvalue weighted by atomic mass is 35.5. The fraction of sp³-hybridized carbons (Fsp3) is 0.440. The van der Waals surface area contributed by atoms with Gasteiger partial charge in [0.25, 0.3) is 0 Å². The highest BCUT2D eigenvalue weighted by Gasteiger charge is 2.40. The lowest BCUT2D eigenvalue weighted by atomic mass is 9.95. The van der Waals surface area contributed by atoms with E-state index in [0.29, 0.717) is 35.1 Å². The number of ether oxygens (including phenoxy) is 2. The van der Waals surface area contributed by atoms with Gasteiger partial charge in [0.15, 0.2) is 0 Å². The minimum absolute atomic E-state index is 0.0887. The van der Waals surface area contributed by atoms with Crippen molar-refractivity contribution in [2.24, 2.45) is 0 Å². The molecule has 3 N–H and O–H groups in total. The summed E-state index contributed by atoms with van der Waals surface area (Å²) < 4.78 is 11.8. The molecule has 0 unspecified atom stereocenters. The number of aliphatic hydroxyl groups excluding tert-OH is 1. The molecule has 3 amide bonds. The second-order valence-electron chi connectivity index (χ2n) is 8.81. The van der Waals surface area contributed by atoms with Gasteiger partial charge in [0.2, 0.25) is 5.91 Å². The highest BCUT2D eigenvalue weighted by molar-refractivity contribution is 6.42. The summed E-state index contributed by atoms with van der Waals surface area (Å²) in [7, 11) is 0. The molecule has 4 atom stereocenters. The van der Waals surface area contributed by atoms with Crippen molar-refractivity contribution >= 4 is 40.8 Å². The van der Waals surface area contributed by atoms with Crippen LogP contribution in [0.2, 0.25) is 10.0 Å². The van der Waals surface area contributed by atoms with Gasteiger partial charge in [-0.1, -0.05) is 53.5 Å². The minimum atomic E-state index is -0.822. The van der Waals surface area contributed by atoms with Crippen LogP contribution in [0.4, 0.5) is 10.5 Å². The molecule has 0 saturated carbocycles. The van der Waals surface area contributed by atoms with Gasteiger partial charge in [-0.25, -0.2) is 4.79 Å². The molecule has 2 fully saturated rings. The molecular weight excluding hydrogens is 493 g/mol. The topological polar surface area (TPSA) is 100 Å². The van der Waals surface area contributed by atoms with E-state index in [2.05, 4.69) is 10.6 Å². The summed E-state index contributed by atoms with van der Waals surface area (Å²) in [6.45, 7) is 0.869. The van der Waals surface area contributed by atoms with Crippen molar-refractivity contribution in [2.45, 2.75) is 50.2 Å². The van der Waals surface area contributed by atoms with Gasteiger partial charge in [-0.15, -0.1) is 0 Å². The molecule has 10 heteroatoms. The first-order valence-corrected chi connectivity index (χ1v) is 12.4. The second kappa shape index (κ2) is 12.1. The number of amides is 3. The highest BCUT2D eigenvalue weighted by Crippen LogP contribution is 2.29. The Kier molecular flexibility index (Phi) is 8.86. The van der Waals surface area contributed by atoms with Crippen LogP contribution in [0.15, 0.2) is 48.5 Å². The van der Waals surface area contributed by atoms with E-state index in [0.717, 1.165) is 5.56 Å². The zero-order valence-electron chi connectivity index (χ0n) is 19.2. The van der Waals surface area contributed by atoms with Gasteiger partial charge < -0.3 is 30.1 Å². The fourth-order valence-electron chi connectivity index (χ4n) is 4.42. The lowest BCUT2D eigenvalue weighted by Gasteiger charge is -2.44. The summed E-state index contributed by atoms with van der Waals surface area (Å²) in [6.07, 6.45) is -0.0629. The zero-order chi connectivity index (χ0) is 24.8. The zero-order valence-corrected chi connectivity index (χ0v) is 20.7. The summed E-state index contributed by atoms with van der Waals surface area (Å²) >= 11 is 12.0. The standard InChI is InChI=1S/C25H29Cl2N3O5/c26-20-8-6-17(10-21(20)27)29-25(33)30-13-18(31)14-34-15-23-22(30)9-7-19(35-23)11-24(32)28-12-16-4-2-1-3-5-16/h1-6,8,10,18-19,22-23,31H,7,9,11-15H2,(H,28,32)(H,29,33)/t18-,19-,22-,23+/m0/s1. The van der Waals surface area contributed by atoms with Crippen molar-refractivity contribution in [1.82, 2.24) is 10.2 Å². The van der Waals surface area contributed by atoms with Crippen LogP contribution in [0.5, 0.6) is 0 Å². The van der Waals surface area contributed by atoms with Crippen molar-refractivity contribution in [2.75, 3.05) is 25.1 Å². The smallest absolute Gasteiger partial charge is 0.322 e. The molecule has 2 aliphatic heterocycles. The molecule has 8 nitrogen and oxygen atoms in total. The van der Waals surface area contributed by atoms with E-state index in [9.17, 15) is 14.7 Å². The average molecular weight is 522 g/mol. The Morgan fingerprint density at radius 1 is 1.06 bits per heavy atom. The summed E-state index contributed by atoms with van der Waals surface area (Å²) in [5.41, 5.74) is 1.53. The van der Waals surface area contributed by atoms with Crippen LogP contribution in [0.3, 0.4) is 0 Å². The Labute approximate surface area is 214 Å². The third kappa shape index (κ3) is 7.08. The third-order valence-corrected chi connectivity index (χ3v) is 6.90. The second-order valence-corrected chi connectivity index (χ2v) is 9.62. The number of hydrogen-bond acceptors (Lipinski definition) is 5. The number of aliphatic hydroxyl groups is 1. The lowest BCUT2D eigenvalue weighted by molar-refractivity contribution is -0.149. The van der Waals surface area contributed by atoms with E-state index >= 15 is 0 Å². The number of hydrogen-bond donors (Lipinski definition) is 3. The molecule has 0 bridgehead atoms. The average Bonchev–Trinajstić information content (AvgIpc) is 2.83. The molecule has 2 aromatic carbocycles. The summed E-state index contributed by atoms with van der Waals surface area (Å²) in [4.78, 5) is 27.3. The molecule has 35 heavy (non-hydrogen) atoms. The van der Waals surface area contributed by atoms with Gasteiger partial charge in [0, 0.05) is 12.2 Å². The van der Waals surface area contributed by atoms with Crippen LogP contribution in [0.25, 0.3) is 0 Å². The van der Waals surface area contributed by atoms with Crippen molar-refractivity contribution in [3.8, 4) is 0 Å². The van der Waals surface area contributed by atoms with Crippen LogP contribution in [0, 0.1) is 0 Å². The maximum absolute atomic E-state index is 13.2. The van der Waals surface area contributed by atoms with Crippen LogP contribution >= 0.6 is 23.2 Å². The van der Waals surface area contributed by atoms with Crippen LogP contribution in [-0.2, 0) is 20.8 Å². The van der Waals surface area contributed by atoms with Gasteiger partial charge in [0.1, 0.15) is 6.10 Å². The molecular formula is C25H29Cl2N3O5. The molecule has 0 spiro atoms. The number of fused-ring (bicyclic) bond motifs is 1. The first-order valence-electron chi connectivity index (χ1n) is 11.6. The van der Waals surface area contributed by atoms with E-state index in [1.54, 1.807) is 23.1 Å². The van der Waals surface area contributed by atoms with Gasteiger partial charge in [0.05, 0.1) is 54.5 Å². The molecule has 2 aromatic rings. The number of anilines is 1. The van der Waals surface area contributed by atoms with Crippen molar-refractivity contribution in [1.29, 1.82) is 0 Å². The Morgan fingerprint density at radius 3 is 2.63 bits per heavy atom. The monoisotopic (exact) mass is 521 g/mol. The van der Waals surface area contributed by atoms with Crippen LogP contribution in [0.1, 0.15) is 24.8 Å². The molecule has 2 aliphatic rings. The number of β-amino-alcohol motifs (C(OH)–C–C–N with tert-alkyl or cyclic N) is 1. The van der Waals surface area contributed by atoms with E-state index in [1.807, 2.05) is 30.3 Å². The molecule has 2 saturated heterocycles. The normalized spacial score (nSPS) is 24.6. The molecule has 0 aliphatic carbocycles.